The lowest BCUT2D eigenvalue weighted by Gasteiger charge is -2.19. The van der Waals surface area contributed by atoms with Crippen molar-refractivity contribution in [3.8, 4) is 0 Å². The number of aryl methyl sites for hydroxylation is 1. The molecule has 0 saturated carbocycles. The van der Waals surface area contributed by atoms with Crippen molar-refractivity contribution in [3.63, 3.8) is 0 Å². The average molecular weight is 225 g/mol. The van der Waals surface area contributed by atoms with E-state index in [2.05, 4.69) is 23.7 Å². The number of rotatable bonds is 6. The zero-order valence-corrected chi connectivity index (χ0v) is 10.1. The minimum Gasteiger partial charge on any atom is -0.477 e. The Bertz CT molecular complexity index is 356. The zero-order valence-electron chi connectivity index (χ0n) is 10.1. The molecule has 1 rings (SSSR count). The van der Waals surface area contributed by atoms with Crippen LogP contribution < -0.4 is 0 Å². The molecule has 1 aromatic heterocycles. The van der Waals surface area contributed by atoms with Crippen LogP contribution in [0.1, 0.15) is 30.2 Å². The molecule has 0 atom stereocenters. The molecule has 0 aliphatic rings. The minimum absolute atomic E-state index is 0.268. The van der Waals surface area contributed by atoms with Gasteiger partial charge in [-0.3, -0.25) is 0 Å². The van der Waals surface area contributed by atoms with E-state index in [9.17, 15) is 4.79 Å². The first-order chi connectivity index (χ1) is 7.60. The summed E-state index contributed by atoms with van der Waals surface area (Å²) < 4.78 is 1.75. The molecule has 1 aromatic rings. The summed E-state index contributed by atoms with van der Waals surface area (Å²) >= 11 is 0. The van der Waals surface area contributed by atoms with Gasteiger partial charge in [-0.05, 0) is 20.0 Å². The molecule has 90 valence electrons. The van der Waals surface area contributed by atoms with Crippen LogP contribution in [0.15, 0.2) is 6.20 Å². The van der Waals surface area contributed by atoms with Crippen molar-refractivity contribution < 1.29 is 9.90 Å². The van der Waals surface area contributed by atoms with Gasteiger partial charge in [-0.2, -0.15) is 0 Å². The summed E-state index contributed by atoms with van der Waals surface area (Å²) in [4.78, 5) is 17.2. The van der Waals surface area contributed by atoms with Crippen molar-refractivity contribution in [2.75, 3.05) is 19.6 Å². The smallest absolute Gasteiger partial charge is 0.354 e. The van der Waals surface area contributed by atoms with E-state index in [0.717, 1.165) is 25.5 Å². The van der Waals surface area contributed by atoms with Gasteiger partial charge in [-0.1, -0.05) is 13.8 Å². The molecule has 0 spiro atoms. The van der Waals surface area contributed by atoms with Crippen LogP contribution in [0.25, 0.3) is 0 Å². The van der Waals surface area contributed by atoms with E-state index in [1.807, 2.05) is 6.92 Å². The number of carbonyl (C=O) groups is 1. The predicted octanol–water partition coefficient (Wildman–Crippen LogP) is 1.23. The summed E-state index contributed by atoms with van der Waals surface area (Å²) in [6.07, 6.45) is 1.42. The van der Waals surface area contributed by atoms with Crippen molar-refractivity contribution in [1.29, 1.82) is 0 Å². The molecule has 0 fully saturated rings. The summed E-state index contributed by atoms with van der Waals surface area (Å²) in [7, 11) is 0. The van der Waals surface area contributed by atoms with Gasteiger partial charge in [-0.15, -0.1) is 0 Å². The van der Waals surface area contributed by atoms with Crippen LogP contribution in [0.2, 0.25) is 0 Å². The SMILES string of the molecule is CCN(CC)CCn1c(C(=O)O)cnc1C. The number of carboxylic acid groups (broad SMARTS) is 1. The molecular formula is C11H19N3O2. The van der Waals surface area contributed by atoms with E-state index in [-0.39, 0.29) is 5.69 Å². The first-order valence-electron chi connectivity index (χ1n) is 5.57. The maximum atomic E-state index is 10.9. The average Bonchev–Trinajstić information content (AvgIpc) is 2.62. The number of hydrogen-bond acceptors (Lipinski definition) is 3. The predicted molar refractivity (Wildman–Crippen MR) is 61.7 cm³/mol. The Morgan fingerprint density at radius 2 is 2.12 bits per heavy atom. The molecule has 0 aromatic carbocycles. The second kappa shape index (κ2) is 5.65. The van der Waals surface area contributed by atoms with Crippen LogP contribution in [0.5, 0.6) is 0 Å². The van der Waals surface area contributed by atoms with E-state index < -0.39 is 5.97 Å². The molecule has 5 nitrogen and oxygen atoms in total. The lowest BCUT2D eigenvalue weighted by atomic mass is 10.4. The van der Waals surface area contributed by atoms with Crippen molar-refractivity contribution in [1.82, 2.24) is 14.5 Å². The molecule has 0 bridgehead atoms. The number of nitrogens with zero attached hydrogens (tertiary/aromatic N) is 3. The molecule has 5 heteroatoms. The maximum Gasteiger partial charge on any atom is 0.354 e. The Morgan fingerprint density at radius 1 is 1.50 bits per heavy atom. The van der Waals surface area contributed by atoms with Crippen LogP contribution in [-0.2, 0) is 6.54 Å². The van der Waals surface area contributed by atoms with Crippen molar-refractivity contribution in [2.24, 2.45) is 0 Å². The second-order valence-corrected chi connectivity index (χ2v) is 3.67. The van der Waals surface area contributed by atoms with Gasteiger partial charge in [0.25, 0.3) is 0 Å². The molecule has 0 radical (unpaired) electrons. The fourth-order valence-corrected chi connectivity index (χ4v) is 1.70. The normalized spacial score (nSPS) is 11.0. The van der Waals surface area contributed by atoms with Gasteiger partial charge in [0.1, 0.15) is 11.5 Å². The van der Waals surface area contributed by atoms with Gasteiger partial charge in [-0.25, -0.2) is 9.78 Å². The third-order valence-electron chi connectivity index (χ3n) is 2.81. The maximum absolute atomic E-state index is 10.9. The largest absolute Gasteiger partial charge is 0.477 e. The van der Waals surface area contributed by atoms with Crippen LogP contribution in [0.4, 0.5) is 0 Å². The van der Waals surface area contributed by atoms with Crippen molar-refractivity contribution in [3.05, 3.63) is 17.7 Å². The minimum atomic E-state index is -0.917. The number of carboxylic acids is 1. The monoisotopic (exact) mass is 225 g/mol. The van der Waals surface area contributed by atoms with Crippen LogP contribution >= 0.6 is 0 Å². The fourth-order valence-electron chi connectivity index (χ4n) is 1.70. The Labute approximate surface area is 95.7 Å². The van der Waals surface area contributed by atoms with Crippen LogP contribution in [-0.4, -0.2) is 45.2 Å². The molecule has 0 unspecified atom stereocenters. The highest BCUT2D eigenvalue weighted by molar-refractivity contribution is 5.85. The van der Waals surface area contributed by atoms with E-state index in [0.29, 0.717) is 6.54 Å². The van der Waals surface area contributed by atoms with E-state index in [1.54, 1.807) is 4.57 Å². The lowest BCUT2D eigenvalue weighted by molar-refractivity contribution is 0.0684. The number of imidazole rings is 1. The van der Waals surface area contributed by atoms with Gasteiger partial charge in [0.2, 0.25) is 0 Å². The zero-order chi connectivity index (χ0) is 12.1. The van der Waals surface area contributed by atoms with E-state index in [1.165, 1.54) is 6.20 Å². The van der Waals surface area contributed by atoms with Gasteiger partial charge in [0, 0.05) is 13.1 Å². The highest BCUT2D eigenvalue weighted by Crippen LogP contribution is 2.05. The third kappa shape index (κ3) is 2.82. The van der Waals surface area contributed by atoms with Gasteiger partial charge in [0.15, 0.2) is 0 Å². The Kier molecular flexibility index (Phi) is 4.49. The van der Waals surface area contributed by atoms with Crippen molar-refractivity contribution >= 4 is 5.97 Å². The number of aromatic carboxylic acids is 1. The summed E-state index contributed by atoms with van der Waals surface area (Å²) in [6.45, 7) is 9.51. The molecule has 0 amide bonds. The van der Waals surface area contributed by atoms with Crippen LogP contribution in [0, 0.1) is 6.92 Å². The van der Waals surface area contributed by atoms with Gasteiger partial charge in [0.05, 0.1) is 6.20 Å². The Balaban J connectivity index is 2.72. The molecular weight excluding hydrogens is 206 g/mol. The fraction of sp³-hybridized carbons (Fsp3) is 0.636. The molecule has 0 aliphatic carbocycles. The molecule has 1 N–H and O–H groups in total. The van der Waals surface area contributed by atoms with Gasteiger partial charge < -0.3 is 14.6 Å². The Hall–Kier alpha value is -1.36. The summed E-state index contributed by atoms with van der Waals surface area (Å²) in [5, 5.41) is 8.98. The summed E-state index contributed by atoms with van der Waals surface area (Å²) in [5.74, 6) is -0.162. The van der Waals surface area contributed by atoms with Crippen molar-refractivity contribution in [2.45, 2.75) is 27.3 Å². The second-order valence-electron chi connectivity index (χ2n) is 3.67. The molecule has 0 saturated heterocycles. The highest BCUT2D eigenvalue weighted by Gasteiger charge is 2.13. The van der Waals surface area contributed by atoms with Gasteiger partial charge >= 0.3 is 5.97 Å². The first-order valence-corrected chi connectivity index (χ1v) is 5.57. The lowest BCUT2D eigenvalue weighted by Crippen LogP contribution is -2.28. The number of likely N-dealkylation sites (N-methyl/N-ethyl adjacent to an activating group) is 1. The summed E-state index contributed by atoms with van der Waals surface area (Å²) in [5.41, 5.74) is 0.268. The first kappa shape index (κ1) is 12.7. The number of aromatic nitrogens is 2. The molecule has 16 heavy (non-hydrogen) atoms. The molecule has 0 aliphatic heterocycles. The standard InChI is InChI=1S/C11H19N3O2/c1-4-13(5-2)6-7-14-9(3)12-8-10(14)11(15)16/h8H,4-7H2,1-3H3,(H,15,16). The van der Waals surface area contributed by atoms with E-state index >= 15 is 0 Å². The highest BCUT2D eigenvalue weighted by atomic mass is 16.4. The summed E-state index contributed by atoms with van der Waals surface area (Å²) in [6, 6.07) is 0. The molecule has 1 heterocycles. The Morgan fingerprint density at radius 3 is 2.62 bits per heavy atom. The quantitative estimate of drug-likeness (QED) is 0.791. The number of hydrogen-bond donors (Lipinski definition) is 1. The van der Waals surface area contributed by atoms with E-state index in [4.69, 9.17) is 5.11 Å². The van der Waals surface area contributed by atoms with Crippen LogP contribution in [0.3, 0.4) is 0 Å². The topological polar surface area (TPSA) is 58.4 Å². The third-order valence-corrected chi connectivity index (χ3v) is 2.81.